The zero-order valence-corrected chi connectivity index (χ0v) is 19.0. The molecule has 6 heteroatoms. The normalized spacial score (nSPS) is 11.7. The van der Waals surface area contributed by atoms with Crippen LogP contribution in [0.25, 0.3) is 0 Å². The predicted octanol–water partition coefficient (Wildman–Crippen LogP) is 4.17. The number of hydrazine groups is 1. The van der Waals surface area contributed by atoms with Crippen LogP contribution in [0.3, 0.4) is 0 Å². The molecule has 0 bridgehead atoms. The van der Waals surface area contributed by atoms with Crippen molar-refractivity contribution >= 4 is 23.4 Å². The SMILES string of the molecule is Cc1ccc(C)c(NC(=O)CCC(=O)NNC(=O)C(C)c2ccc(CC(C)C)cc2)c1. The number of nitrogens with one attached hydrogen (secondary N) is 3. The van der Waals surface area contributed by atoms with E-state index in [4.69, 9.17) is 0 Å². The molecule has 1 unspecified atom stereocenters. The van der Waals surface area contributed by atoms with Gasteiger partial charge in [0.05, 0.1) is 5.92 Å². The molecule has 0 aromatic heterocycles. The van der Waals surface area contributed by atoms with Gasteiger partial charge in [-0.1, -0.05) is 50.2 Å². The summed E-state index contributed by atoms with van der Waals surface area (Å²) in [7, 11) is 0. The largest absolute Gasteiger partial charge is 0.326 e. The van der Waals surface area contributed by atoms with E-state index in [9.17, 15) is 14.4 Å². The van der Waals surface area contributed by atoms with Crippen LogP contribution in [0.1, 0.15) is 61.8 Å². The molecule has 1 atom stereocenters. The van der Waals surface area contributed by atoms with E-state index in [0.717, 1.165) is 28.8 Å². The lowest BCUT2D eigenvalue weighted by atomic mass is 9.96. The summed E-state index contributed by atoms with van der Waals surface area (Å²) < 4.78 is 0. The first-order chi connectivity index (χ1) is 14.7. The van der Waals surface area contributed by atoms with E-state index >= 15 is 0 Å². The van der Waals surface area contributed by atoms with Crippen LogP contribution < -0.4 is 16.2 Å². The van der Waals surface area contributed by atoms with Gasteiger partial charge >= 0.3 is 0 Å². The van der Waals surface area contributed by atoms with Gasteiger partial charge in [0.15, 0.2) is 0 Å². The summed E-state index contributed by atoms with van der Waals surface area (Å²) in [5, 5.41) is 2.82. The Labute approximate surface area is 184 Å². The molecule has 0 aliphatic carbocycles. The van der Waals surface area contributed by atoms with Crippen molar-refractivity contribution in [2.75, 3.05) is 5.32 Å². The molecule has 0 fully saturated rings. The summed E-state index contributed by atoms with van der Waals surface area (Å²) >= 11 is 0. The molecule has 0 radical (unpaired) electrons. The Bertz CT molecular complexity index is 920. The van der Waals surface area contributed by atoms with Crippen molar-refractivity contribution in [1.29, 1.82) is 0 Å². The number of hydrogen-bond donors (Lipinski definition) is 3. The maximum Gasteiger partial charge on any atom is 0.245 e. The Morgan fingerprint density at radius 3 is 2.13 bits per heavy atom. The molecule has 2 aromatic rings. The Morgan fingerprint density at radius 1 is 0.839 bits per heavy atom. The Hall–Kier alpha value is -3.15. The van der Waals surface area contributed by atoms with Crippen LogP contribution in [-0.2, 0) is 20.8 Å². The standard InChI is InChI=1S/C25H33N3O3/c1-16(2)14-20-8-10-21(11-9-20)19(5)25(31)28-27-24(30)13-12-23(29)26-22-15-17(3)6-7-18(22)4/h6-11,15-16,19H,12-14H2,1-5H3,(H,26,29)(H,27,30)(H,28,31). The third-order valence-electron chi connectivity index (χ3n) is 5.09. The van der Waals surface area contributed by atoms with Crippen molar-refractivity contribution in [2.45, 2.75) is 59.8 Å². The van der Waals surface area contributed by atoms with E-state index in [-0.39, 0.29) is 24.7 Å². The minimum absolute atomic E-state index is 0.0186. The summed E-state index contributed by atoms with van der Waals surface area (Å²) in [6.45, 7) is 9.99. The fourth-order valence-corrected chi connectivity index (χ4v) is 3.18. The van der Waals surface area contributed by atoms with Crippen LogP contribution in [0.15, 0.2) is 42.5 Å². The molecule has 6 nitrogen and oxygen atoms in total. The van der Waals surface area contributed by atoms with Gasteiger partial charge in [0.1, 0.15) is 0 Å². The Kier molecular flexibility index (Phi) is 8.79. The highest BCUT2D eigenvalue weighted by Gasteiger charge is 2.16. The van der Waals surface area contributed by atoms with Crippen molar-refractivity contribution < 1.29 is 14.4 Å². The second kappa shape index (κ2) is 11.3. The number of aryl methyl sites for hydroxylation is 2. The van der Waals surface area contributed by atoms with E-state index in [1.807, 2.05) is 56.3 Å². The monoisotopic (exact) mass is 423 g/mol. The van der Waals surface area contributed by atoms with Crippen molar-refractivity contribution in [3.8, 4) is 0 Å². The zero-order chi connectivity index (χ0) is 23.0. The highest BCUT2D eigenvalue weighted by atomic mass is 16.2. The first-order valence-electron chi connectivity index (χ1n) is 10.7. The molecule has 0 aliphatic heterocycles. The fraction of sp³-hybridized carbons (Fsp3) is 0.400. The Morgan fingerprint density at radius 2 is 1.48 bits per heavy atom. The summed E-state index contributed by atoms with van der Waals surface area (Å²) in [5.74, 6) is -0.788. The van der Waals surface area contributed by atoms with Crippen LogP contribution in [0.5, 0.6) is 0 Å². The number of amides is 3. The lowest BCUT2D eigenvalue weighted by Gasteiger charge is -2.14. The second-order valence-corrected chi connectivity index (χ2v) is 8.47. The molecule has 2 rings (SSSR count). The molecule has 2 aromatic carbocycles. The van der Waals surface area contributed by atoms with E-state index < -0.39 is 11.8 Å². The molecular formula is C25H33N3O3. The van der Waals surface area contributed by atoms with Gasteiger partial charge in [0.25, 0.3) is 0 Å². The number of carbonyl (C=O) groups is 3. The van der Waals surface area contributed by atoms with Gasteiger partial charge in [-0.2, -0.15) is 0 Å². The lowest BCUT2D eigenvalue weighted by Crippen LogP contribution is -2.43. The zero-order valence-electron chi connectivity index (χ0n) is 19.0. The van der Waals surface area contributed by atoms with E-state index in [1.54, 1.807) is 6.92 Å². The smallest absolute Gasteiger partial charge is 0.245 e. The molecule has 0 aliphatic rings. The quantitative estimate of drug-likeness (QED) is 0.557. The van der Waals surface area contributed by atoms with Crippen molar-refractivity contribution in [1.82, 2.24) is 10.9 Å². The highest BCUT2D eigenvalue weighted by molar-refractivity contribution is 5.94. The number of rotatable bonds is 8. The van der Waals surface area contributed by atoms with Gasteiger partial charge in [0.2, 0.25) is 17.7 Å². The summed E-state index contributed by atoms with van der Waals surface area (Å²) in [6.07, 6.45) is 1.01. The van der Waals surface area contributed by atoms with Gasteiger partial charge in [0, 0.05) is 18.5 Å². The van der Waals surface area contributed by atoms with Crippen LogP contribution in [0.2, 0.25) is 0 Å². The topological polar surface area (TPSA) is 87.3 Å². The van der Waals surface area contributed by atoms with Crippen molar-refractivity contribution in [3.63, 3.8) is 0 Å². The third-order valence-corrected chi connectivity index (χ3v) is 5.09. The third kappa shape index (κ3) is 7.89. The molecule has 0 saturated carbocycles. The lowest BCUT2D eigenvalue weighted by molar-refractivity contribution is -0.130. The molecule has 0 spiro atoms. The second-order valence-electron chi connectivity index (χ2n) is 8.47. The molecule has 0 heterocycles. The molecular weight excluding hydrogens is 390 g/mol. The highest BCUT2D eigenvalue weighted by Crippen LogP contribution is 2.18. The minimum atomic E-state index is -0.413. The molecule has 3 N–H and O–H groups in total. The average Bonchev–Trinajstić information content (AvgIpc) is 2.72. The van der Waals surface area contributed by atoms with Gasteiger partial charge in [-0.3, -0.25) is 25.2 Å². The van der Waals surface area contributed by atoms with E-state index in [0.29, 0.717) is 5.92 Å². The van der Waals surface area contributed by atoms with Crippen molar-refractivity contribution in [3.05, 3.63) is 64.7 Å². The molecule has 3 amide bonds. The maximum absolute atomic E-state index is 12.4. The van der Waals surface area contributed by atoms with Gasteiger partial charge in [-0.25, -0.2) is 0 Å². The van der Waals surface area contributed by atoms with E-state index in [2.05, 4.69) is 30.0 Å². The fourth-order valence-electron chi connectivity index (χ4n) is 3.18. The number of hydrogen-bond acceptors (Lipinski definition) is 3. The number of carbonyl (C=O) groups excluding carboxylic acids is 3. The van der Waals surface area contributed by atoms with Crippen molar-refractivity contribution in [2.24, 2.45) is 5.92 Å². The first-order valence-corrected chi connectivity index (χ1v) is 10.7. The van der Waals surface area contributed by atoms with Crippen LogP contribution >= 0.6 is 0 Å². The van der Waals surface area contributed by atoms with Gasteiger partial charge in [-0.15, -0.1) is 0 Å². The molecule has 0 saturated heterocycles. The van der Waals surface area contributed by atoms with Gasteiger partial charge in [-0.05, 0) is 61.4 Å². The number of benzene rings is 2. The minimum Gasteiger partial charge on any atom is -0.326 e. The van der Waals surface area contributed by atoms with Crippen LogP contribution in [-0.4, -0.2) is 17.7 Å². The average molecular weight is 424 g/mol. The first kappa shape index (κ1) is 24.1. The molecule has 31 heavy (non-hydrogen) atoms. The maximum atomic E-state index is 12.4. The van der Waals surface area contributed by atoms with Crippen LogP contribution in [0, 0.1) is 19.8 Å². The van der Waals surface area contributed by atoms with Gasteiger partial charge < -0.3 is 5.32 Å². The summed E-state index contributed by atoms with van der Waals surface area (Å²) in [4.78, 5) is 36.5. The Balaban J connectivity index is 1.76. The summed E-state index contributed by atoms with van der Waals surface area (Å²) in [6, 6.07) is 13.8. The predicted molar refractivity (Wildman–Crippen MR) is 123 cm³/mol. The molecule has 166 valence electrons. The van der Waals surface area contributed by atoms with E-state index in [1.165, 1.54) is 5.56 Å². The number of anilines is 1. The summed E-state index contributed by atoms with van der Waals surface area (Å²) in [5.41, 5.74) is 9.70. The van der Waals surface area contributed by atoms with Crippen LogP contribution in [0.4, 0.5) is 5.69 Å².